The second kappa shape index (κ2) is 8.85. The Bertz CT molecular complexity index is 8.00. The van der Waals surface area contributed by atoms with Crippen LogP contribution in [0.25, 0.3) is 0 Å². The molecule has 0 saturated heterocycles. The van der Waals surface area contributed by atoms with Gasteiger partial charge in [-0.2, -0.15) is 0 Å². The molecule has 0 atom stereocenters. The summed E-state index contributed by atoms with van der Waals surface area (Å²) < 4.78 is 8.85. The smallest absolute Gasteiger partial charge is 0.799 e. The van der Waals surface area contributed by atoms with Crippen LogP contribution in [0.5, 0.6) is 0 Å². The second-order valence-electron chi connectivity index (χ2n) is 0.167. The number of hydrogen-bond acceptors (Lipinski definition) is 2. The molecular formula is CH3NaOS. The van der Waals surface area contributed by atoms with E-state index in [9.17, 15) is 0 Å². The molecule has 0 aromatic carbocycles. The predicted molar refractivity (Wildman–Crippen MR) is 14.3 cm³/mol. The molecule has 0 aromatic heterocycles. The normalized spacial score (nSPS) is 4.50. The first-order valence-electron chi connectivity index (χ1n) is 0.575. The van der Waals surface area contributed by atoms with Crippen LogP contribution in [0.4, 0.5) is 0 Å². The first-order chi connectivity index (χ1) is 1.41. The van der Waals surface area contributed by atoms with Gasteiger partial charge in [-0.3, -0.25) is 12.0 Å². The van der Waals surface area contributed by atoms with E-state index in [1.54, 1.807) is 0 Å². The summed E-state index contributed by atoms with van der Waals surface area (Å²) in [6.07, 6.45) is 1.49. The minimum Gasteiger partial charge on any atom is -0.799 e. The molecule has 4 heavy (non-hydrogen) atoms. The molecule has 0 amide bonds. The summed E-state index contributed by atoms with van der Waals surface area (Å²) in [4.78, 5) is 0. The Kier molecular flexibility index (Phi) is 19.9. The average molecular weight is 86.1 g/mol. The van der Waals surface area contributed by atoms with Crippen molar-refractivity contribution in [3.63, 3.8) is 0 Å². The van der Waals surface area contributed by atoms with E-state index < -0.39 is 0 Å². The Morgan fingerprint density at radius 2 is 1.75 bits per heavy atom. The summed E-state index contributed by atoms with van der Waals surface area (Å²) in [6, 6.07) is 0. The molecule has 0 rings (SSSR count). The molecule has 0 fully saturated rings. The van der Waals surface area contributed by atoms with Crippen molar-refractivity contribution in [2.24, 2.45) is 0 Å². The Labute approximate surface area is 52.3 Å². The van der Waals surface area contributed by atoms with Crippen molar-refractivity contribution >= 4 is 12.0 Å². The molecule has 0 aliphatic heterocycles. The van der Waals surface area contributed by atoms with Gasteiger partial charge in [0.15, 0.2) is 0 Å². The molecule has 1 nitrogen and oxygen atoms in total. The fraction of sp³-hybridized carbons (Fsp3) is 1.00. The number of rotatable bonds is 0. The first-order valence-corrected chi connectivity index (χ1v) is 1.72. The van der Waals surface area contributed by atoms with E-state index in [1.807, 2.05) is 0 Å². The molecule has 0 N–H and O–H groups in total. The SMILES string of the molecule is CS[O-].[Na+]. The van der Waals surface area contributed by atoms with Crippen molar-refractivity contribution in [1.82, 2.24) is 0 Å². The van der Waals surface area contributed by atoms with Gasteiger partial charge in [-0.25, -0.2) is 0 Å². The summed E-state index contributed by atoms with van der Waals surface area (Å²) in [5.41, 5.74) is 0. The molecule has 3 heteroatoms. The molecule has 0 aromatic rings. The monoisotopic (exact) mass is 86.0 g/mol. The molecule has 0 saturated carbocycles. The third kappa shape index (κ3) is 10.3. The van der Waals surface area contributed by atoms with Crippen LogP contribution in [0.3, 0.4) is 0 Å². The molecule has 0 unspecified atom stereocenters. The molecule has 0 radical (unpaired) electrons. The van der Waals surface area contributed by atoms with Gasteiger partial charge in [0.25, 0.3) is 0 Å². The third-order valence-electron chi connectivity index (χ3n) is 0. The van der Waals surface area contributed by atoms with Gasteiger partial charge >= 0.3 is 29.6 Å². The summed E-state index contributed by atoms with van der Waals surface area (Å²) in [5, 5.41) is 0. The maximum atomic E-state index is 8.85. The predicted octanol–water partition coefficient (Wildman–Crippen LogP) is -2.52. The van der Waals surface area contributed by atoms with E-state index in [0.29, 0.717) is 12.0 Å². The van der Waals surface area contributed by atoms with Crippen LogP contribution in [-0.2, 0) is 0 Å². The molecule has 0 bridgehead atoms. The van der Waals surface area contributed by atoms with E-state index in [-0.39, 0.29) is 29.6 Å². The first kappa shape index (κ1) is 9.00. The van der Waals surface area contributed by atoms with Gasteiger partial charge < -0.3 is 4.55 Å². The molecule has 0 aliphatic carbocycles. The zero-order valence-corrected chi connectivity index (χ0v) is 5.63. The molecular weight excluding hydrogens is 83.1 g/mol. The van der Waals surface area contributed by atoms with Gasteiger partial charge in [-0.1, -0.05) is 0 Å². The zero-order valence-electron chi connectivity index (χ0n) is 2.82. The van der Waals surface area contributed by atoms with Crippen LogP contribution < -0.4 is 29.6 Å². The van der Waals surface area contributed by atoms with Crippen LogP contribution >= 0.6 is 12.0 Å². The quantitative estimate of drug-likeness (QED) is 0.240. The zero-order chi connectivity index (χ0) is 2.71. The molecule has 0 aliphatic rings. The van der Waals surface area contributed by atoms with Crippen molar-refractivity contribution in [3.8, 4) is 0 Å². The Morgan fingerprint density at radius 3 is 1.75 bits per heavy atom. The summed E-state index contributed by atoms with van der Waals surface area (Å²) in [7, 11) is 0. The summed E-state index contributed by atoms with van der Waals surface area (Å²) in [6.45, 7) is 0. The van der Waals surface area contributed by atoms with Crippen LogP contribution in [0, 0.1) is 0 Å². The van der Waals surface area contributed by atoms with Crippen molar-refractivity contribution in [2.75, 3.05) is 6.26 Å². The van der Waals surface area contributed by atoms with Gasteiger partial charge in [-0.05, 0) is 6.26 Å². The van der Waals surface area contributed by atoms with E-state index in [0.717, 1.165) is 0 Å². The van der Waals surface area contributed by atoms with Crippen molar-refractivity contribution in [1.29, 1.82) is 0 Å². The maximum absolute atomic E-state index is 8.85. The van der Waals surface area contributed by atoms with Gasteiger partial charge in [0.1, 0.15) is 0 Å². The van der Waals surface area contributed by atoms with Crippen molar-refractivity contribution in [3.05, 3.63) is 0 Å². The van der Waals surface area contributed by atoms with E-state index in [2.05, 4.69) is 0 Å². The largest absolute Gasteiger partial charge is 1.00 e. The Morgan fingerprint density at radius 1 is 1.75 bits per heavy atom. The molecule has 20 valence electrons. The van der Waals surface area contributed by atoms with E-state index >= 15 is 0 Å². The average Bonchev–Trinajstić information content (AvgIpc) is 0.918. The summed E-state index contributed by atoms with van der Waals surface area (Å²) in [5.74, 6) is 0. The van der Waals surface area contributed by atoms with Gasteiger partial charge in [0, 0.05) is 0 Å². The molecule has 0 heterocycles. The van der Waals surface area contributed by atoms with Gasteiger partial charge in [0.2, 0.25) is 0 Å². The van der Waals surface area contributed by atoms with Gasteiger partial charge in [-0.15, -0.1) is 0 Å². The second-order valence-corrected chi connectivity index (χ2v) is 0.500. The summed E-state index contributed by atoms with van der Waals surface area (Å²) >= 11 is 0.500. The van der Waals surface area contributed by atoms with Gasteiger partial charge in [0.05, 0.1) is 0 Å². The standard InChI is InChI=1S/CH4OS.Na/c1-3-2;/h2H,1H3;/q;+1/p-1. The fourth-order valence-corrected chi connectivity index (χ4v) is 0. The minimum absolute atomic E-state index is 0. The molecule has 0 spiro atoms. The van der Waals surface area contributed by atoms with E-state index in [4.69, 9.17) is 4.55 Å². The van der Waals surface area contributed by atoms with Crippen molar-refractivity contribution < 1.29 is 34.1 Å². The Balaban J connectivity index is 0. The maximum Gasteiger partial charge on any atom is 1.00 e. The fourth-order valence-electron chi connectivity index (χ4n) is 0. The van der Waals surface area contributed by atoms with Crippen LogP contribution in [0.15, 0.2) is 0 Å². The third-order valence-corrected chi connectivity index (χ3v) is 0. The van der Waals surface area contributed by atoms with Crippen LogP contribution in [-0.4, -0.2) is 10.8 Å². The minimum atomic E-state index is 0. The van der Waals surface area contributed by atoms with Crippen LogP contribution in [0.2, 0.25) is 0 Å². The van der Waals surface area contributed by atoms with Crippen molar-refractivity contribution in [2.45, 2.75) is 0 Å². The van der Waals surface area contributed by atoms with E-state index in [1.165, 1.54) is 6.26 Å². The topological polar surface area (TPSA) is 23.1 Å². The number of hydrogen-bond donors (Lipinski definition) is 0. The Hall–Kier alpha value is 1.31. The van der Waals surface area contributed by atoms with Crippen LogP contribution in [0.1, 0.15) is 0 Å².